The minimum absolute atomic E-state index is 0.0931. The van der Waals surface area contributed by atoms with Crippen molar-refractivity contribution in [3.05, 3.63) is 39.2 Å². The number of nitrogens with zero attached hydrogens (tertiary/aromatic N) is 5. The highest BCUT2D eigenvalue weighted by Gasteiger charge is 2.29. The molecule has 9 heteroatoms. The van der Waals surface area contributed by atoms with Crippen molar-refractivity contribution >= 4 is 24.2 Å². The molecule has 1 amide bonds. The third-order valence-corrected chi connectivity index (χ3v) is 6.38. The Morgan fingerprint density at radius 2 is 2.26 bits per heavy atom. The summed E-state index contributed by atoms with van der Waals surface area (Å²) in [5, 5.41) is 16.9. The monoisotopic (exact) mass is 442 g/mol. The average Bonchev–Trinajstić information content (AvgIpc) is 3.23. The molecule has 31 heavy (non-hydrogen) atoms. The highest BCUT2D eigenvalue weighted by atomic mass is 32.1. The number of aromatic amines is 1. The lowest BCUT2D eigenvalue weighted by Crippen LogP contribution is -2.40. The second-order valence-electron chi connectivity index (χ2n) is 8.21. The maximum absolute atomic E-state index is 13.2. The minimum atomic E-state index is -0.237. The molecule has 1 saturated heterocycles. The summed E-state index contributed by atoms with van der Waals surface area (Å²) in [7, 11) is 3.56. The number of rotatable bonds is 6. The smallest absolute Gasteiger partial charge is 0.264 e. The Hall–Kier alpha value is -2.70. The molecule has 2 aromatic rings. The molecule has 0 aromatic carbocycles. The lowest BCUT2D eigenvalue weighted by atomic mass is 9.96. The number of hydrogen-bond donors (Lipinski definition) is 1. The van der Waals surface area contributed by atoms with E-state index in [4.69, 9.17) is 17.0 Å². The number of amides is 1. The van der Waals surface area contributed by atoms with Gasteiger partial charge in [0, 0.05) is 44.6 Å². The molecule has 1 aliphatic heterocycles. The quantitative estimate of drug-likeness (QED) is 0.420. The van der Waals surface area contributed by atoms with E-state index >= 15 is 0 Å². The molecular weight excluding hydrogens is 412 g/mol. The maximum atomic E-state index is 13.2. The normalized spacial score (nSPS) is 18.1. The summed E-state index contributed by atoms with van der Waals surface area (Å²) in [5.74, 6) is 0.704. The van der Waals surface area contributed by atoms with Gasteiger partial charge in [0.2, 0.25) is 0 Å². The predicted molar refractivity (Wildman–Crippen MR) is 121 cm³/mol. The molecule has 1 aliphatic rings. The van der Waals surface area contributed by atoms with Crippen LogP contribution < -0.4 is 0 Å². The number of nitrogens with one attached hydrogen (secondary N) is 1. The average molecular weight is 443 g/mol. The van der Waals surface area contributed by atoms with Gasteiger partial charge in [-0.15, -0.1) is 0 Å². The third kappa shape index (κ3) is 4.65. The van der Waals surface area contributed by atoms with Crippen LogP contribution in [0.15, 0.2) is 11.6 Å². The number of ether oxygens (including phenoxy) is 1. The van der Waals surface area contributed by atoms with Crippen LogP contribution in [0, 0.1) is 29.9 Å². The molecule has 3 rings (SSSR count). The number of piperidine rings is 1. The van der Waals surface area contributed by atoms with Crippen LogP contribution in [0.3, 0.4) is 0 Å². The van der Waals surface area contributed by atoms with Gasteiger partial charge in [0.25, 0.3) is 5.91 Å². The van der Waals surface area contributed by atoms with Crippen LogP contribution >= 0.6 is 12.2 Å². The lowest BCUT2D eigenvalue weighted by molar-refractivity contribution is -0.127. The van der Waals surface area contributed by atoms with E-state index in [2.05, 4.69) is 27.8 Å². The summed E-state index contributed by atoms with van der Waals surface area (Å²) in [5.41, 5.74) is 3.12. The van der Waals surface area contributed by atoms with Gasteiger partial charge >= 0.3 is 0 Å². The van der Waals surface area contributed by atoms with Crippen LogP contribution in [0.5, 0.6) is 0 Å². The molecular formula is C22H30N6O2S. The van der Waals surface area contributed by atoms with Crippen LogP contribution in [0.4, 0.5) is 0 Å². The fourth-order valence-electron chi connectivity index (χ4n) is 4.51. The fraction of sp³-hybridized carbons (Fsp3) is 0.545. The van der Waals surface area contributed by atoms with E-state index in [0.717, 1.165) is 35.6 Å². The zero-order valence-electron chi connectivity index (χ0n) is 18.8. The zero-order valence-corrected chi connectivity index (χ0v) is 19.6. The number of carbonyl (C=O) groups excluding carboxylic acids is 1. The van der Waals surface area contributed by atoms with Crippen LogP contribution in [0.25, 0.3) is 6.08 Å². The summed E-state index contributed by atoms with van der Waals surface area (Å²) in [6, 6.07) is 4.30. The van der Waals surface area contributed by atoms with E-state index in [1.54, 1.807) is 18.1 Å². The molecule has 1 N–H and O–H groups in total. The second-order valence-corrected chi connectivity index (χ2v) is 8.59. The topological polar surface area (TPSA) is 91.9 Å². The predicted octanol–water partition coefficient (Wildman–Crippen LogP) is 3.42. The molecule has 0 radical (unpaired) electrons. The van der Waals surface area contributed by atoms with Crippen molar-refractivity contribution in [2.45, 2.75) is 45.6 Å². The summed E-state index contributed by atoms with van der Waals surface area (Å²) >= 11 is 5.22. The first-order valence-corrected chi connectivity index (χ1v) is 10.9. The van der Waals surface area contributed by atoms with Crippen molar-refractivity contribution in [1.29, 1.82) is 5.26 Å². The van der Waals surface area contributed by atoms with E-state index in [9.17, 15) is 10.1 Å². The SMILES string of the molecule is COCC(C)n1c(C)cc(/C=C(/C#N)C(=O)N2CCCC(c3n[nH]c(=S)n3C)C2)c1C. The standard InChI is InChI=1S/C22H30N6O2S/c1-14-9-18(16(3)28(14)15(2)13-30-5)10-19(11-23)21(29)27-8-6-7-17(12-27)20-24-25-22(31)26(20)4/h9-10,15,17H,6-8,12-13H2,1-5H3,(H,25,31)/b19-10-. The third-order valence-electron chi connectivity index (χ3n) is 6.01. The molecule has 8 nitrogen and oxygen atoms in total. The molecule has 166 valence electrons. The number of hydrogen-bond acceptors (Lipinski definition) is 5. The van der Waals surface area contributed by atoms with Crippen molar-refractivity contribution in [3.8, 4) is 6.07 Å². The van der Waals surface area contributed by atoms with Crippen molar-refractivity contribution in [2.24, 2.45) is 7.05 Å². The molecule has 0 saturated carbocycles. The fourth-order valence-corrected chi connectivity index (χ4v) is 4.65. The Labute approximate surface area is 188 Å². The largest absolute Gasteiger partial charge is 0.383 e. The summed E-state index contributed by atoms with van der Waals surface area (Å²) < 4.78 is 9.88. The van der Waals surface area contributed by atoms with Gasteiger partial charge in [-0.25, -0.2) is 0 Å². The van der Waals surface area contributed by atoms with Crippen molar-refractivity contribution in [3.63, 3.8) is 0 Å². The van der Waals surface area contributed by atoms with Crippen LogP contribution in [0.1, 0.15) is 54.5 Å². The summed E-state index contributed by atoms with van der Waals surface area (Å²) in [6.45, 7) is 7.87. The van der Waals surface area contributed by atoms with Gasteiger partial charge in [0.05, 0.1) is 12.6 Å². The van der Waals surface area contributed by atoms with Gasteiger partial charge in [0.15, 0.2) is 4.77 Å². The van der Waals surface area contributed by atoms with E-state index < -0.39 is 0 Å². The first-order chi connectivity index (χ1) is 14.8. The van der Waals surface area contributed by atoms with Crippen molar-refractivity contribution in [1.82, 2.24) is 24.2 Å². The Bertz CT molecular complexity index is 1090. The molecule has 0 bridgehead atoms. The Kier molecular flexibility index (Phi) is 7.13. The number of H-pyrrole nitrogens is 1. The van der Waals surface area contributed by atoms with E-state index in [1.807, 2.05) is 31.5 Å². The zero-order chi connectivity index (χ0) is 22.7. The summed E-state index contributed by atoms with van der Waals surface area (Å²) in [4.78, 5) is 15.0. The van der Waals surface area contributed by atoms with Gasteiger partial charge in [-0.2, -0.15) is 10.4 Å². The molecule has 3 heterocycles. The lowest BCUT2D eigenvalue weighted by Gasteiger charge is -2.32. The molecule has 0 aliphatic carbocycles. The molecule has 2 unspecified atom stereocenters. The molecule has 1 fully saturated rings. The number of aryl methyl sites for hydroxylation is 1. The summed E-state index contributed by atoms with van der Waals surface area (Å²) in [6.07, 6.45) is 3.50. The van der Waals surface area contributed by atoms with Gasteiger partial charge in [0.1, 0.15) is 17.5 Å². The van der Waals surface area contributed by atoms with Gasteiger partial charge in [-0.1, -0.05) is 0 Å². The number of methoxy groups -OCH3 is 1. The Morgan fingerprint density at radius 3 is 2.87 bits per heavy atom. The second kappa shape index (κ2) is 9.62. The number of nitriles is 1. The highest BCUT2D eigenvalue weighted by Crippen LogP contribution is 2.27. The maximum Gasteiger partial charge on any atom is 0.264 e. The number of likely N-dealkylation sites (tertiary alicyclic amines) is 1. The van der Waals surface area contributed by atoms with E-state index in [1.165, 1.54) is 0 Å². The van der Waals surface area contributed by atoms with E-state index in [0.29, 0.717) is 24.5 Å². The van der Waals surface area contributed by atoms with Crippen LogP contribution in [-0.4, -0.2) is 56.9 Å². The van der Waals surface area contributed by atoms with E-state index in [-0.39, 0.29) is 23.4 Å². The van der Waals surface area contributed by atoms with Gasteiger partial charge in [-0.3, -0.25) is 9.89 Å². The molecule has 2 atom stereocenters. The van der Waals surface area contributed by atoms with Crippen LogP contribution in [-0.2, 0) is 16.6 Å². The van der Waals surface area contributed by atoms with Gasteiger partial charge in [-0.05, 0) is 63.5 Å². The number of carbonyl (C=O) groups is 1. The highest BCUT2D eigenvalue weighted by molar-refractivity contribution is 7.71. The Morgan fingerprint density at radius 1 is 1.52 bits per heavy atom. The van der Waals surface area contributed by atoms with Crippen molar-refractivity contribution < 1.29 is 9.53 Å². The number of aromatic nitrogens is 4. The first kappa shape index (κ1) is 23.0. The van der Waals surface area contributed by atoms with Gasteiger partial charge < -0.3 is 18.8 Å². The van der Waals surface area contributed by atoms with Crippen molar-refractivity contribution in [2.75, 3.05) is 26.8 Å². The Balaban J connectivity index is 1.84. The minimum Gasteiger partial charge on any atom is -0.383 e. The molecule has 0 spiro atoms. The van der Waals surface area contributed by atoms with Crippen LogP contribution in [0.2, 0.25) is 0 Å². The molecule has 2 aromatic heterocycles. The first-order valence-electron chi connectivity index (χ1n) is 10.5.